The molecule has 0 bridgehead atoms. The highest BCUT2D eigenvalue weighted by Crippen LogP contribution is 2.25. The van der Waals surface area contributed by atoms with Crippen molar-refractivity contribution in [2.24, 2.45) is 0 Å². The van der Waals surface area contributed by atoms with Gasteiger partial charge in [-0.15, -0.1) is 0 Å². The Morgan fingerprint density at radius 1 is 1.17 bits per heavy atom. The minimum absolute atomic E-state index is 0.0219. The normalized spacial score (nSPS) is 12.1. The number of aryl methyl sites for hydroxylation is 2. The summed E-state index contributed by atoms with van der Waals surface area (Å²) in [7, 11) is 0. The molecule has 2 N–H and O–H groups in total. The lowest BCUT2D eigenvalue weighted by atomic mass is 10.1. The maximum absolute atomic E-state index is 12.9. The molecular formula is C22H25N3O3S. The Balaban J connectivity index is 1.89. The zero-order chi connectivity index (χ0) is 21.0. The van der Waals surface area contributed by atoms with Crippen LogP contribution in [0.4, 0.5) is 5.69 Å². The van der Waals surface area contributed by atoms with Crippen molar-refractivity contribution in [3.63, 3.8) is 0 Å². The zero-order valence-electron chi connectivity index (χ0n) is 16.8. The first-order valence-corrected chi connectivity index (χ1v) is 10.4. The second kappa shape index (κ2) is 9.24. The number of carbonyl (C=O) groups is 1. The SMILES string of the molecule is Cc1cccc(C)c1NC(=O)C(C)Sc1nc2ccccc2c(=O)n1CCCO. The van der Waals surface area contributed by atoms with E-state index in [0.29, 0.717) is 29.0 Å². The van der Waals surface area contributed by atoms with Crippen molar-refractivity contribution in [3.05, 3.63) is 63.9 Å². The third-order valence-electron chi connectivity index (χ3n) is 4.75. The van der Waals surface area contributed by atoms with Crippen LogP contribution in [0, 0.1) is 13.8 Å². The number of hydrogen-bond acceptors (Lipinski definition) is 5. The molecule has 1 atom stereocenters. The van der Waals surface area contributed by atoms with Gasteiger partial charge < -0.3 is 10.4 Å². The van der Waals surface area contributed by atoms with Crippen LogP contribution >= 0.6 is 11.8 Å². The van der Waals surface area contributed by atoms with Crippen LogP contribution in [0.3, 0.4) is 0 Å². The Kier molecular flexibility index (Phi) is 6.71. The van der Waals surface area contributed by atoms with Crippen molar-refractivity contribution in [1.29, 1.82) is 0 Å². The largest absolute Gasteiger partial charge is 0.396 e. The molecule has 3 aromatic rings. The third kappa shape index (κ3) is 4.68. The lowest BCUT2D eigenvalue weighted by molar-refractivity contribution is -0.115. The highest BCUT2D eigenvalue weighted by Gasteiger charge is 2.20. The summed E-state index contributed by atoms with van der Waals surface area (Å²) in [6.45, 7) is 6.04. The summed E-state index contributed by atoms with van der Waals surface area (Å²) in [4.78, 5) is 30.3. The molecule has 1 heterocycles. The van der Waals surface area contributed by atoms with Crippen LogP contribution in [0.2, 0.25) is 0 Å². The second-order valence-corrected chi connectivity index (χ2v) is 8.27. The molecule has 0 saturated carbocycles. The van der Waals surface area contributed by atoms with E-state index in [2.05, 4.69) is 10.3 Å². The minimum atomic E-state index is -0.456. The van der Waals surface area contributed by atoms with Gasteiger partial charge in [-0.25, -0.2) is 4.98 Å². The number of carbonyl (C=O) groups excluding carboxylic acids is 1. The van der Waals surface area contributed by atoms with E-state index in [4.69, 9.17) is 0 Å². The van der Waals surface area contributed by atoms with Crippen LogP contribution in [-0.4, -0.2) is 32.4 Å². The van der Waals surface area contributed by atoms with E-state index < -0.39 is 5.25 Å². The first-order valence-electron chi connectivity index (χ1n) is 9.56. The van der Waals surface area contributed by atoms with Gasteiger partial charge in [0.2, 0.25) is 5.91 Å². The molecule has 0 spiro atoms. The van der Waals surface area contributed by atoms with Crippen molar-refractivity contribution < 1.29 is 9.90 Å². The maximum Gasteiger partial charge on any atom is 0.262 e. The molecule has 29 heavy (non-hydrogen) atoms. The number of nitrogens with one attached hydrogen (secondary N) is 1. The average Bonchev–Trinajstić information content (AvgIpc) is 2.70. The lowest BCUT2D eigenvalue weighted by Gasteiger charge is -2.17. The van der Waals surface area contributed by atoms with E-state index in [0.717, 1.165) is 16.8 Å². The fourth-order valence-corrected chi connectivity index (χ4v) is 4.05. The van der Waals surface area contributed by atoms with Crippen LogP contribution in [0.25, 0.3) is 10.9 Å². The minimum Gasteiger partial charge on any atom is -0.396 e. The highest BCUT2D eigenvalue weighted by atomic mass is 32.2. The fraction of sp³-hybridized carbons (Fsp3) is 0.318. The van der Waals surface area contributed by atoms with Gasteiger partial charge in [0.05, 0.1) is 16.2 Å². The summed E-state index contributed by atoms with van der Waals surface area (Å²) in [5.41, 5.74) is 3.25. The molecule has 0 aliphatic heterocycles. The van der Waals surface area contributed by atoms with Crippen LogP contribution in [0.5, 0.6) is 0 Å². The molecule has 6 nitrogen and oxygen atoms in total. The van der Waals surface area contributed by atoms with Crippen molar-refractivity contribution in [3.8, 4) is 0 Å². The van der Waals surface area contributed by atoms with Gasteiger partial charge >= 0.3 is 0 Å². The van der Waals surface area contributed by atoms with Gasteiger partial charge in [0.15, 0.2) is 5.16 Å². The van der Waals surface area contributed by atoms with Crippen molar-refractivity contribution in [2.75, 3.05) is 11.9 Å². The Morgan fingerprint density at radius 3 is 2.55 bits per heavy atom. The number of benzene rings is 2. The number of rotatable bonds is 7. The molecule has 2 aromatic carbocycles. The molecule has 0 fully saturated rings. The van der Waals surface area contributed by atoms with Gasteiger partial charge in [0.1, 0.15) is 0 Å². The summed E-state index contributed by atoms with van der Waals surface area (Å²) in [5.74, 6) is -0.150. The number of thioether (sulfide) groups is 1. The first-order chi connectivity index (χ1) is 13.9. The molecule has 7 heteroatoms. The van der Waals surface area contributed by atoms with Gasteiger partial charge in [0, 0.05) is 18.8 Å². The van der Waals surface area contributed by atoms with Gasteiger partial charge in [-0.3, -0.25) is 14.2 Å². The maximum atomic E-state index is 12.9. The van der Waals surface area contributed by atoms with E-state index >= 15 is 0 Å². The van der Waals surface area contributed by atoms with Gasteiger partial charge in [-0.05, 0) is 50.5 Å². The predicted molar refractivity (Wildman–Crippen MR) is 118 cm³/mol. The number of amides is 1. The summed E-state index contributed by atoms with van der Waals surface area (Å²) >= 11 is 1.25. The third-order valence-corrected chi connectivity index (χ3v) is 5.84. The van der Waals surface area contributed by atoms with Crippen molar-refractivity contribution >= 4 is 34.3 Å². The van der Waals surface area contributed by atoms with E-state index in [1.165, 1.54) is 11.8 Å². The predicted octanol–water partition coefficient (Wildman–Crippen LogP) is 3.52. The van der Waals surface area contributed by atoms with Gasteiger partial charge in [-0.1, -0.05) is 42.1 Å². The van der Waals surface area contributed by atoms with Gasteiger partial charge in [-0.2, -0.15) is 0 Å². The van der Waals surface area contributed by atoms with Crippen molar-refractivity contribution in [1.82, 2.24) is 9.55 Å². The lowest BCUT2D eigenvalue weighted by Crippen LogP contribution is -2.27. The number of aliphatic hydroxyl groups excluding tert-OH is 1. The quantitative estimate of drug-likeness (QED) is 0.459. The van der Waals surface area contributed by atoms with E-state index in [1.807, 2.05) is 38.1 Å². The number of aliphatic hydroxyl groups is 1. The molecular weight excluding hydrogens is 386 g/mol. The van der Waals surface area contributed by atoms with Crippen LogP contribution in [-0.2, 0) is 11.3 Å². The van der Waals surface area contributed by atoms with Crippen LogP contribution in [0.1, 0.15) is 24.5 Å². The number of aromatic nitrogens is 2. The van der Waals surface area contributed by atoms with E-state index in [1.54, 1.807) is 29.7 Å². The molecule has 3 rings (SSSR count). The monoisotopic (exact) mass is 411 g/mol. The summed E-state index contributed by atoms with van der Waals surface area (Å²) < 4.78 is 1.55. The van der Waals surface area contributed by atoms with Crippen LogP contribution < -0.4 is 10.9 Å². The number of fused-ring (bicyclic) bond motifs is 1. The molecule has 0 aliphatic rings. The average molecular weight is 412 g/mol. The second-order valence-electron chi connectivity index (χ2n) is 6.96. The summed E-state index contributed by atoms with van der Waals surface area (Å²) in [6.07, 6.45) is 0.441. The van der Waals surface area contributed by atoms with Crippen LogP contribution in [0.15, 0.2) is 52.4 Å². The Labute approximate surface area is 174 Å². The molecule has 1 amide bonds. The summed E-state index contributed by atoms with van der Waals surface area (Å²) in [5, 5.41) is 12.8. The molecule has 0 saturated heterocycles. The standard InChI is InChI=1S/C22H25N3O3S/c1-14-8-6-9-15(2)19(14)24-20(27)16(3)29-22-23-18-11-5-4-10-17(18)21(28)25(22)12-7-13-26/h4-6,8-11,16,26H,7,12-13H2,1-3H3,(H,24,27). The fourth-order valence-electron chi connectivity index (χ4n) is 3.11. The molecule has 1 aromatic heterocycles. The van der Waals surface area contributed by atoms with E-state index in [-0.39, 0.29) is 18.1 Å². The molecule has 1 unspecified atom stereocenters. The number of hydrogen-bond donors (Lipinski definition) is 2. The smallest absolute Gasteiger partial charge is 0.262 e. The number of nitrogens with zero attached hydrogens (tertiary/aromatic N) is 2. The Morgan fingerprint density at radius 2 is 1.86 bits per heavy atom. The topological polar surface area (TPSA) is 84.2 Å². The highest BCUT2D eigenvalue weighted by molar-refractivity contribution is 8.00. The van der Waals surface area contributed by atoms with E-state index in [9.17, 15) is 14.7 Å². The Hall–Kier alpha value is -2.64. The number of anilines is 1. The van der Waals surface area contributed by atoms with Gasteiger partial charge in [0.25, 0.3) is 5.56 Å². The number of para-hydroxylation sites is 2. The molecule has 0 radical (unpaired) electrons. The van der Waals surface area contributed by atoms with Crippen molar-refractivity contribution in [2.45, 2.75) is 44.1 Å². The summed E-state index contributed by atoms with van der Waals surface area (Å²) in [6, 6.07) is 13.0. The molecule has 0 aliphatic carbocycles. The Bertz CT molecular complexity index is 1070. The zero-order valence-corrected chi connectivity index (χ0v) is 17.6. The molecule has 152 valence electrons. The first kappa shape index (κ1) is 21.1.